The molecule has 0 amide bonds. The van der Waals surface area contributed by atoms with Gasteiger partial charge in [-0.2, -0.15) is 0 Å². The molecule has 2 rings (SSSR count). The molecular formula is C10H8BrClN2O2S2. The van der Waals surface area contributed by atoms with Gasteiger partial charge in [0.15, 0.2) is 15.2 Å². The van der Waals surface area contributed by atoms with E-state index in [9.17, 15) is 4.79 Å². The highest BCUT2D eigenvalue weighted by atomic mass is 79.9. The first kappa shape index (κ1) is 13.8. The van der Waals surface area contributed by atoms with E-state index in [1.54, 1.807) is 11.3 Å². The Morgan fingerprint density at radius 1 is 1.67 bits per heavy atom. The number of thiazole rings is 1. The standard InChI is InChI=1S/C10H8BrClN2O2S2/c1-16-9(15)7-8(12)14-10(18-7)13-4-6-5(11)2-3-17-6/h2-3H,4H2,1H3,(H,13,14). The van der Waals surface area contributed by atoms with Crippen molar-refractivity contribution in [2.45, 2.75) is 6.54 Å². The summed E-state index contributed by atoms with van der Waals surface area (Å²) in [5.41, 5.74) is 0. The van der Waals surface area contributed by atoms with Crippen LogP contribution in [0.25, 0.3) is 0 Å². The van der Waals surface area contributed by atoms with Crippen molar-refractivity contribution < 1.29 is 9.53 Å². The van der Waals surface area contributed by atoms with Crippen LogP contribution in [0.3, 0.4) is 0 Å². The van der Waals surface area contributed by atoms with Gasteiger partial charge in [0, 0.05) is 9.35 Å². The van der Waals surface area contributed by atoms with Gasteiger partial charge < -0.3 is 10.1 Å². The average Bonchev–Trinajstić information content (AvgIpc) is 2.92. The fourth-order valence-corrected chi connectivity index (χ4v) is 3.73. The summed E-state index contributed by atoms with van der Waals surface area (Å²) in [7, 11) is 1.31. The van der Waals surface area contributed by atoms with Crippen LogP contribution < -0.4 is 5.32 Å². The molecule has 0 fully saturated rings. The molecule has 2 aromatic heterocycles. The third kappa shape index (κ3) is 3.03. The lowest BCUT2D eigenvalue weighted by molar-refractivity contribution is 0.0606. The Bertz CT molecular complexity index is 570. The molecule has 0 aromatic carbocycles. The SMILES string of the molecule is COC(=O)c1sc(NCc2sccc2Br)nc1Cl. The van der Waals surface area contributed by atoms with Crippen molar-refractivity contribution in [2.75, 3.05) is 12.4 Å². The van der Waals surface area contributed by atoms with Crippen LogP contribution in [0.15, 0.2) is 15.9 Å². The van der Waals surface area contributed by atoms with Crippen LogP contribution >= 0.6 is 50.2 Å². The molecule has 2 aromatic rings. The van der Waals surface area contributed by atoms with E-state index in [4.69, 9.17) is 11.6 Å². The number of halogens is 2. The lowest BCUT2D eigenvalue weighted by Crippen LogP contribution is -1.98. The first-order valence-electron chi connectivity index (χ1n) is 4.82. The van der Waals surface area contributed by atoms with Gasteiger partial charge in [0.2, 0.25) is 0 Å². The van der Waals surface area contributed by atoms with Crippen molar-refractivity contribution in [3.8, 4) is 0 Å². The largest absolute Gasteiger partial charge is 0.465 e. The molecule has 0 radical (unpaired) electrons. The number of nitrogens with one attached hydrogen (secondary N) is 1. The van der Waals surface area contributed by atoms with Gasteiger partial charge >= 0.3 is 5.97 Å². The number of rotatable bonds is 4. The van der Waals surface area contributed by atoms with Crippen LogP contribution in [0.5, 0.6) is 0 Å². The second-order valence-electron chi connectivity index (χ2n) is 3.18. The van der Waals surface area contributed by atoms with E-state index in [1.165, 1.54) is 18.4 Å². The molecule has 0 saturated heterocycles. The summed E-state index contributed by atoms with van der Waals surface area (Å²) in [5, 5.41) is 5.88. The Labute approximate surface area is 125 Å². The summed E-state index contributed by atoms with van der Waals surface area (Å²) >= 11 is 12.1. The highest BCUT2D eigenvalue weighted by molar-refractivity contribution is 9.10. The molecular weight excluding hydrogens is 360 g/mol. The van der Waals surface area contributed by atoms with Gasteiger partial charge in [0.05, 0.1) is 13.7 Å². The van der Waals surface area contributed by atoms with Crippen LogP contribution in [0.1, 0.15) is 14.5 Å². The van der Waals surface area contributed by atoms with Crippen molar-refractivity contribution in [2.24, 2.45) is 0 Å². The second kappa shape index (κ2) is 6.01. The maximum absolute atomic E-state index is 11.4. The van der Waals surface area contributed by atoms with E-state index < -0.39 is 5.97 Å². The highest BCUT2D eigenvalue weighted by Gasteiger charge is 2.17. The summed E-state index contributed by atoms with van der Waals surface area (Å²) in [6.07, 6.45) is 0. The van der Waals surface area contributed by atoms with Crippen LogP contribution in [-0.2, 0) is 11.3 Å². The van der Waals surface area contributed by atoms with Gasteiger partial charge in [-0.15, -0.1) is 11.3 Å². The van der Waals surface area contributed by atoms with E-state index in [2.05, 4.69) is 31.0 Å². The molecule has 4 nitrogen and oxygen atoms in total. The number of ether oxygens (including phenoxy) is 1. The quantitative estimate of drug-likeness (QED) is 0.829. The number of aromatic nitrogens is 1. The lowest BCUT2D eigenvalue weighted by atomic mass is 10.5. The summed E-state index contributed by atoms with van der Waals surface area (Å²) in [5.74, 6) is -0.470. The molecule has 0 saturated carbocycles. The van der Waals surface area contributed by atoms with Gasteiger partial charge in [0.1, 0.15) is 0 Å². The van der Waals surface area contributed by atoms with Crippen molar-refractivity contribution in [3.05, 3.63) is 30.8 Å². The number of thiophene rings is 1. The first-order valence-corrected chi connectivity index (χ1v) is 7.69. The lowest BCUT2D eigenvalue weighted by Gasteiger charge is -2.00. The first-order chi connectivity index (χ1) is 8.61. The van der Waals surface area contributed by atoms with Gasteiger partial charge in [-0.3, -0.25) is 0 Å². The van der Waals surface area contributed by atoms with E-state index in [0.29, 0.717) is 16.6 Å². The van der Waals surface area contributed by atoms with Crippen LogP contribution in [-0.4, -0.2) is 18.1 Å². The maximum Gasteiger partial charge on any atom is 0.351 e. The van der Waals surface area contributed by atoms with Crippen LogP contribution in [0.4, 0.5) is 5.13 Å². The number of esters is 1. The van der Waals surface area contributed by atoms with E-state index in [1.807, 2.05) is 11.4 Å². The molecule has 96 valence electrons. The minimum Gasteiger partial charge on any atom is -0.465 e. The number of nitrogens with zero attached hydrogens (tertiary/aromatic N) is 1. The predicted molar refractivity (Wildman–Crippen MR) is 77.8 cm³/mol. The minimum absolute atomic E-state index is 0.166. The smallest absolute Gasteiger partial charge is 0.351 e. The predicted octanol–water partition coefficient (Wildman–Crippen LogP) is 4.02. The monoisotopic (exact) mass is 366 g/mol. The zero-order valence-electron chi connectivity index (χ0n) is 9.20. The zero-order chi connectivity index (χ0) is 13.1. The van der Waals surface area contributed by atoms with Crippen LogP contribution in [0.2, 0.25) is 5.15 Å². The molecule has 2 heterocycles. The van der Waals surface area contributed by atoms with Crippen molar-refractivity contribution in [1.82, 2.24) is 4.98 Å². The fourth-order valence-electron chi connectivity index (χ4n) is 1.20. The number of carbonyl (C=O) groups is 1. The maximum atomic E-state index is 11.4. The Morgan fingerprint density at radius 3 is 3.06 bits per heavy atom. The average molecular weight is 368 g/mol. The topological polar surface area (TPSA) is 51.2 Å². The number of hydrogen-bond donors (Lipinski definition) is 1. The fraction of sp³-hybridized carbons (Fsp3) is 0.200. The number of methoxy groups -OCH3 is 1. The molecule has 0 atom stereocenters. The number of hydrogen-bond acceptors (Lipinski definition) is 6. The van der Waals surface area contributed by atoms with Gasteiger partial charge in [0.25, 0.3) is 0 Å². The molecule has 0 aliphatic carbocycles. The molecule has 0 bridgehead atoms. The van der Waals surface area contributed by atoms with E-state index in [0.717, 1.165) is 9.35 Å². The summed E-state index contributed by atoms with van der Waals surface area (Å²) < 4.78 is 5.67. The van der Waals surface area contributed by atoms with E-state index in [-0.39, 0.29) is 5.15 Å². The zero-order valence-corrected chi connectivity index (χ0v) is 13.2. The molecule has 0 unspecified atom stereocenters. The molecule has 0 aliphatic rings. The normalized spacial score (nSPS) is 10.4. The van der Waals surface area contributed by atoms with Crippen molar-refractivity contribution >= 4 is 61.3 Å². The summed E-state index contributed by atoms with van der Waals surface area (Å²) in [6.45, 7) is 0.628. The van der Waals surface area contributed by atoms with Crippen molar-refractivity contribution in [1.29, 1.82) is 0 Å². The van der Waals surface area contributed by atoms with E-state index >= 15 is 0 Å². The Morgan fingerprint density at radius 2 is 2.44 bits per heavy atom. The Kier molecular flexibility index (Phi) is 4.60. The summed E-state index contributed by atoms with van der Waals surface area (Å²) in [4.78, 5) is 16.9. The van der Waals surface area contributed by atoms with Gasteiger partial charge in [-0.25, -0.2) is 9.78 Å². The molecule has 18 heavy (non-hydrogen) atoms. The third-order valence-electron chi connectivity index (χ3n) is 2.05. The summed E-state index contributed by atoms with van der Waals surface area (Å²) in [6, 6.07) is 1.98. The van der Waals surface area contributed by atoms with Crippen molar-refractivity contribution in [3.63, 3.8) is 0 Å². The van der Waals surface area contributed by atoms with Crippen LogP contribution in [0, 0.1) is 0 Å². The minimum atomic E-state index is -0.470. The Balaban J connectivity index is 2.07. The number of carbonyl (C=O) groups excluding carboxylic acids is 1. The molecule has 1 N–H and O–H groups in total. The molecule has 0 aliphatic heterocycles. The molecule has 8 heteroatoms. The second-order valence-corrected chi connectivity index (χ2v) is 6.39. The third-order valence-corrected chi connectivity index (χ3v) is 5.35. The van der Waals surface area contributed by atoms with Gasteiger partial charge in [-0.05, 0) is 27.4 Å². The molecule has 0 spiro atoms. The van der Waals surface area contributed by atoms with Gasteiger partial charge in [-0.1, -0.05) is 22.9 Å². The number of anilines is 1. The Hall–Kier alpha value is -0.630. The highest BCUT2D eigenvalue weighted by Crippen LogP contribution is 2.29.